The molecule has 0 spiro atoms. The van der Waals surface area contributed by atoms with Crippen LogP contribution in [0.3, 0.4) is 0 Å². The molecule has 2 aromatic heterocycles. The summed E-state index contributed by atoms with van der Waals surface area (Å²) >= 11 is 3.47. The van der Waals surface area contributed by atoms with E-state index in [0.717, 1.165) is 29.0 Å². The van der Waals surface area contributed by atoms with Crippen LogP contribution in [0.2, 0.25) is 0 Å². The Morgan fingerprint density at radius 1 is 1.38 bits per heavy atom. The molecule has 2 bridgehead atoms. The zero-order valence-corrected chi connectivity index (χ0v) is 13.2. The summed E-state index contributed by atoms with van der Waals surface area (Å²) in [7, 11) is 0. The highest BCUT2D eigenvalue weighted by molar-refractivity contribution is 9.10. The predicted molar refractivity (Wildman–Crippen MR) is 83.3 cm³/mol. The monoisotopic (exact) mass is 348 g/mol. The van der Waals surface area contributed by atoms with Gasteiger partial charge in [-0.05, 0) is 53.4 Å². The number of piperidine rings is 1. The van der Waals surface area contributed by atoms with Crippen LogP contribution in [0.4, 0.5) is 0 Å². The van der Waals surface area contributed by atoms with Crippen molar-refractivity contribution < 1.29 is 4.79 Å². The minimum Gasteiger partial charge on any atom is -0.347 e. The molecule has 1 unspecified atom stereocenters. The van der Waals surface area contributed by atoms with E-state index < -0.39 is 0 Å². The topological polar surface area (TPSA) is 49.6 Å². The van der Waals surface area contributed by atoms with Gasteiger partial charge in [0.05, 0.1) is 16.3 Å². The molecule has 4 heterocycles. The van der Waals surface area contributed by atoms with Gasteiger partial charge in [0.2, 0.25) is 0 Å². The van der Waals surface area contributed by atoms with Gasteiger partial charge in [0.1, 0.15) is 5.69 Å². The highest BCUT2D eigenvalue weighted by Gasteiger charge is 2.33. The van der Waals surface area contributed by atoms with Gasteiger partial charge in [-0.1, -0.05) is 0 Å². The second-order valence-corrected chi connectivity index (χ2v) is 6.86. The van der Waals surface area contributed by atoms with E-state index in [1.54, 1.807) is 12.4 Å². The van der Waals surface area contributed by atoms with E-state index in [-0.39, 0.29) is 11.9 Å². The first kappa shape index (κ1) is 13.3. The summed E-state index contributed by atoms with van der Waals surface area (Å²) in [5, 5.41) is 3.14. The van der Waals surface area contributed by atoms with Crippen molar-refractivity contribution in [2.75, 3.05) is 19.6 Å². The van der Waals surface area contributed by atoms with E-state index in [9.17, 15) is 4.79 Å². The Hall–Kier alpha value is -1.40. The average Bonchev–Trinajstić information content (AvgIpc) is 3.02. The number of nitrogens with zero attached hydrogens (tertiary/aromatic N) is 3. The number of carbonyl (C=O) groups is 1. The highest BCUT2D eigenvalue weighted by Crippen LogP contribution is 2.26. The van der Waals surface area contributed by atoms with Crippen molar-refractivity contribution in [3.05, 3.63) is 34.8 Å². The summed E-state index contributed by atoms with van der Waals surface area (Å²) in [6.07, 6.45) is 5.88. The number of rotatable bonds is 2. The maximum absolute atomic E-state index is 12.4. The molecule has 2 aromatic rings. The van der Waals surface area contributed by atoms with Gasteiger partial charge in [0, 0.05) is 25.3 Å². The number of carbonyl (C=O) groups excluding carboxylic acids is 1. The molecule has 21 heavy (non-hydrogen) atoms. The first-order valence-corrected chi connectivity index (χ1v) is 8.14. The van der Waals surface area contributed by atoms with Crippen molar-refractivity contribution in [2.24, 2.45) is 5.92 Å². The summed E-state index contributed by atoms with van der Waals surface area (Å²) in [4.78, 5) is 19.1. The summed E-state index contributed by atoms with van der Waals surface area (Å²) in [6, 6.07) is 4.17. The molecular formula is C15H17BrN4O. The number of nitrogens with one attached hydrogen (secondary N) is 1. The molecule has 1 N–H and O–H groups in total. The van der Waals surface area contributed by atoms with E-state index >= 15 is 0 Å². The number of fused-ring (bicyclic) bond motifs is 3. The fraction of sp³-hybridized carbons (Fsp3) is 0.467. The van der Waals surface area contributed by atoms with Crippen LogP contribution in [-0.4, -0.2) is 45.9 Å². The number of amides is 1. The standard InChI is InChI=1S/C15H17BrN4O/c16-14-2-1-12-6-17-13(9-20(12)14)15(21)18-11-5-10-3-4-19(7-10)8-11/h1-2,6,9-11H,3-5,7-8H2,(H,18,21)/t10-,11-/m1/s1. The zero-order chi connectivity index (χ0) is 14.4. The van der Waals surface area contributed by atoms with Crippen LogP contribution in [0.5, 0.6) is 0 Å². The lowest BCUT2D eigenvalue weighted by atomic mass is 9.97. The molecule has 4 rings (SSSR count). The first-order valence-electron chi connectivity index (χ1n) is 7.35. The SMILES string of the molecule is O=C(N[C@@H]1C[C@H]2CCN(C2)C1)c1cn2c(Br)ccc2cn1. The van der Waals surface area contributed by atoms with E-state index in [2.05, 4.69) is 31.1 Å². The molecule has 2 fully saturated rings. The smallest absolute Gasteiger partial charge is 0.271 e. The highest BCUT2D eigenvalue weighted by atomic mass is 79.9. The van der Waals surface area contributed by atoms with Gasteiger partial charge in [-0.3, -0.25) is 4.79 Å². The maximum atomic E-state index is 12.4. The lowest BCUT2D eigenvalue weighted by Crippen LogP contribution is -2.47. The Kier molecular flexibility index (Phi) is 3.23. The first-order chi connectivity index (χ1) is 10.2. The molecule has 2 saturated heterocycles. The Balaban J connectivity index is 1.52. The van der Waals surface area contributed by atoms with E-state index in [1.807, 2.05) is 16.5 Å². The molecule has 3 atom stereocenters. The molecule has 5 nitrogen and oxygen atoms in total. The fourth-order valence-corrected chi connectivity index (χ4v) is 3.95. The largest absolute Gasteiger partial charge is 0.347 e. The van der Waals surface area contributed by atoms with Crippen LogP contribution in [0, 0.1) is 5.92 Å². The summed E-state index contributed by atoms with van der Waals surface area (Å²) in [5.41, 5.74) is 1.44. The molecule has 0 saturated carbocycles. The summed E-state index contributed by atoms with van der Waals surface area (Å²) < 4.78 is 2.85. The third kappa shape index (κ3) is 2.46. The molecule has 2 aliphatic heterocycles. The molecule has 2 aliphatic rings. The normalized spacial score (nSPS) is 28.0. The maximum Gasteiger partial charge on any atom is 0.271 e. The van der Waals surface area contributed by atoms with Crippen molar-refractivity contribution >= 4 is 27.4 Å². The van der Waals surface area contributed by atoms with Crippen LogP contribution < -0.4 is 5.32 Å². The molecule has 1 amide bonds. The quantitative estimate of drug-likeness (QED) is 0.901. The molecule has 110 valence electrons. The average molecular weight is 349 g/mol. The van der Waals surface area contributed by atoms with Crippen LogP contribution >= 0.6 is 15.9 Å². The molecule has 0 aliphatic carbocycles. The molecule has 6 heteroatoms. The Morgan fingerprint density at radius 2 is 2.29 bits per heavy atom. The second kappa shape index (κ2) is 5.10. The van der Waals surface area contributed by atoms with Crippen molar-refractivity contribution in [1.82, 2.24) is 19.6 Å². The zero-order valence-electron chi connectivity index (χ0n) is 11.6. The minimum atomic E-state index is -0.0787. The van der Waals surface area contributed by atoms with Crippen molar-refractivity contribution in [2.45, 2.75) is 18.9 Å². The lowest BCUT2D eigenvalue weighted by Gasteiger charge is -2.30. The third-order valence-corrected chi connectivity index (χ3v) is 5.17. The predicted octanol–water partition coefficient (Wildman–Crippen LogP) is 1.92. The van der Waals surface area contributed by atoms with Crippen molar-refractivity contribution in [3.63, 3.8) is 0 Å². The van der Waals surface area contributed by atoms with Crippen molar-refractivity contribution in [3.8, 4) is 0 Å². The number of hydrogen-bond donors (Lipinski definition) is 1. The van der Waals surface area contributed by atoms with Crippen LogP contribution in [-0.2, 0) is 0 Å². The Morgan fingerprint density at radius 3 is 3.14 bits per heavy atom. The Bertz CT molecular complexity index is 686. The third-order valence-electron chi connectivity index (χ3n) is 4.52. The molecule has 0 radical (unpaired) electrons. The molecule has 0 aromatic carbocycles. The van der Waals surface area contributed by atoms with E-state index in [1.165, 1.54) is 19.5 Å². The minimum absolute atomic E-state index is 0.0787. The number of aromatic nitrogens is 2. The van der Waals surface area contributed by atoms with Crippen LogP contribution in [0.25, 0.3) is 5.52 Å². The van der Waals surface area contributed by atoms with Crippen molar-refractivity contribution in [1.29, 1.82) is 0 Å². The van der Waals surface area contributed by atoms with Gasteiger partial charge in [-0.2, -0.15) is 0 Å². The van der Waals surface area contributed by atoms with Crippen LogP contribution in [0.1, 0.15) is 23.3 Å². The van der Waals surface area contributed by atoms with Gasteiger partial charge in [0.15, 0.2) is 0 Å². The fourth-order valence-electron chi connectivity index (χ4n) is 3.51. The van der Waals surface area contributed by atoms with E-state index in [4.69, 9.17) is 0 Å². The Labute approximate surface area is 131 Å². The van der Waals surface area contributed by atoms with Gasteiger partial charge >= 0.3 is 0 Å². The van der Waals surface area contributed by atoms with Gasteiger partial charge in [-0.25, -0.2) is 4.98 Å². The number of halogens is 1. The second-order valence-electron chi connectivity index (χ2n) is 6.04. The van der Waals surface area contributed by atoms with E-state index in [0.29, 0.717) is 5.69 Å². The van der Waals surface area contributed by atoms with Gasteiger partial charge < -0.3 is 14.6 Å². The number of hydrogen-bond acceptors (Lipinski definition) is 3. The summed E-state index contributed by atoms with van der Waals surface area (Å²) in [6.45, 7) is 3.35. The van der Waals surface area contributed by atoms with Gasteiger partial charge in [-0.15, -0.1) is 0 Å². The summed E-state index contributed by atoms with van der Waals surface area (Å²) in [5.74, 6) is 0.670. The van der Waals surface area contributed by atoms with Crippen LogP contribution in [0.15, 0.2) is 29.1 Å². The lowest BCUT2D eigenvalue weighted by molar-refractivity contribution is 0.0904. The molecular weight excluding hydrogens is 332 g/mol. The van der Waals surface area contributed by atoms with Gasteiger partial charge in [0.25, 0.3) is 5.91 Å².